The molecule has 0 fully saturated rings. The molecule has 112 valence electrons. The quantitative estimate of drug-likeness (QED) is 0.791. The molecule has 2 nitrogen and oxygen atoms in total. The van der Waals surface area contributed by atoms with E-state index in [-0.39, 0.29) is 5.02 Å². The summed E-state index contributed by atoms with van der Waals surface area (Å²) in [5.41, 5.74) is 0.948. The van der Waals surface area contributed by atoms with Crippen molar-refractivity contribution in [3.05, 3.63) is 57.8 Å². The van der Waals surface area contributed by atoms with Gasteiger partial charge in [0.1, 0.15) is 17.3 Å². The molecular formula is C16H16Cl2FNO. The molecule has 0 unspecified atom stereocenters. The van der Waals surface area contributed by atoms with Gasteiger partial charge in [-0.3, -0.25) is 0 Å². The predicted octanol–water partition coefficient (Wildman–Crippen LogP) is 5.42. The Kier molecular flexibility index (Phi) is 5.45. The number of ether oxygens (including phenoxy) is 1. The van der Waals surface area contributed by atoms with Crippen molar-refractivity contribution in [3.8, 4) is 11.5 Å². The fourth-order valence-corrected chi connectivity index (χ4v) is 2.03. The summed E-state index contributed by atoms with van der Waals surface area (Å²) in [6, 6.07) is 10.1. The molecule has 0 amide bonds. The summed E-state index contributed by atoms with van der Waals surface area (Å²) in [6.07, 6.45) is 0. The molecule has 0 aliphatic carbocycles. The van der Waals surface area contributed by atoms with Crippen LogP contribution in [0.15, 0.2) is 36.4 Å². The van der Waals surface area contributed by atoms with E-state index in [0.717, 1.165) is 5.56 Å². The number of halogens is 3. The van der Waals surface area contributed by atoms with Crippen molar-refractivity contribution in [2.45, 2.75) is 26.4 Å². The summed E-state index contributed by atoms with van der Waals surface area (Å²) in [5.74, 6) is 0.459. The number of benzene rings is 2. The third-order valence-electron chi connectivity index (χ3n) is 2.85. The number of hydrogen-bond acceptors (Lipinski definition) is 2. The van der Waals surface area contributed by atoms with Gasteiger partial charge < -0.3 is 10.1 Å². The molecule has 0 spiro atoms. The number of hydrogen-bond donors (Lipinski definition) is 1. The van der Waals surface area contributed by atoms with Crippen LogP contribution in [0, 0.1) is 5.82 Å². The van der Waals surface area contributed by atoms with Gasteiger partial charge in [-0.1, -0.05) is 43.1 Å². The molecule has 0 aliphatic rings. The predicted molar refractivity (Wildman–Crippen MR) is 84.9 cm³/mol. The third kappa shape index (κ3) is 4.60. The minimum absolute atomic E-state index is 0.0649. The van der Waals surface area contributed by atoms with Crippen molar-refractivity contribution in [1.29, 1.82) is 0 Å². The average molecular weight is 328 g/mol. The van der Waals surface area contributed by atoms with E-state index < -0.39 is 5.82 Å². The van der Waals surface area contributed by atoms with Crippen LogP contribution >= 0.6 is 23.2 Å². The Morgan fingerprint density at radius 2 is 1.90 bits per heavy atom. The molecule has 2 rings (SSSR count). The molecule has 5 heteroatoms. The van der Waals surface area contributed by atoms with Crippen LogP contribution in [0.5, 0.6) is 11.5 Å². The van der Waals surface area contributed by atoms with Crippen LogP contribution in [0.25, 0.3) is 0 Å². The van der Waals surface area contributed by atoms with E-state index in [9.17, 15) is 4.39 Å². The van der Waals surface area contributed by atoms with E-state index in [1.165, 1.54) is 12.1 Å². The Bertz CT molecular complexity index is 632. The zero-order chi connectivity index (χ0) is 15.4. The van der Waals surface area contributed by atoms with E-state index in [2.05, 4.69) is 19.2 Å². The van der Waals surface area contributed by atoms with Crippen LogP contribution in [0.1, 0.15) is 19.4 Å². The molecule has 0 saturated heterocycles. The second-order valence-corrected chi connectivity index (χ2v) is 5.81. The summed E-state index contributed by atoms with van der Waals surface area (Å²) in [5, 5.41) is 3.94. The van der Waals surface area contributed by atoms with Crippen molar-refractivity contribution in [2.24, 2.45) is 0 Å². The van der Waals surface area contributed by atoms with Crippen LogP contribution in [0.2, 0.25) is 10.0 Å². The van der Waals surface area contributed by atoms with Gasteiger partial charge in [0.15, 0.2) is 0 Å². The number of rotatable bonds is 5. The maximum absolute atomic E-state index is 13.5. The van der Waals surface area contributed by atoms with Gasteiger partial charge in [0.05, 0.1) is 5.02 Å². The highest BCUT2D eigenvalue weighted by Crippen LogP contribution is 2.30. The first-order chi connectivity index (χ1) is 9.95. The van der Waals surface area contributed by atoms with E-state index in [1.807, 2.05) is 6.07 Å². The van der Waals surface area contributed by atoms with Gasteiger partial charge in [-0.15, -0.1) is 0 Å². The van der Waals surface area contributed by atoms with Gasteiger partial charge in [-0.05, 0) is 24.3 Å². The average Bonchev–Trinajstić information content (AvgIpc) is 2.42. The third-order valence-corrected chi connectivity index (χ3v) is 3.39. The lowest BCUT2D eigenvalue weighted by Gasteiger charge is -2.14. The topological polar surface area (TPSA) is 21.3 Å². The van der Waals surface area contributed by atoms with Crippen LogP contribution in [-0.2, 0) is 6.54 Å². The Morgan fingerprint density at radius 1 is 1.14 bits per heavy atom. The minimum atomic E-state index is -0.516. The van der Waals surface area contributed by atoms with Crippen LogP contribution in [0.3, 0.4) is 0 Å². The monoisotopic (exact) mass is 327 g/mol. The van der Waals surface area contributed by atoms with Crippen molar-refractivity contribution in [3.63, 3.8) is 0 Å². The molecule has 0 saturated carbocycles. The van der Waals surface area contributed by atoms with Crippen LogP contribution in [0.4, 0.5) is 4.39 Å². The minimum Gasteiger partial charge on any atom is -0.457 e. The van der Waals surface area contributed by atoms with Crippen LogP contribution in [-0.4, -0.2) is 6.04 Å². The molecule has 1 N–H and O–H groups in total. The molecule has 2 aromatic carbocycles. The summed E-state index contributed by atoms with van der Waals surface area (Å²) in [7, 11) is 0. The van der Waals surface area contributed by atoms with Crippen molar-refractivity contribution in [1.82, 2.24) is 5.32 Å². The molecule has 0 heterocycles. The first kappa shape index (κ1) is 16.1. The normalized spacial score (nSPS) is 11.0. The summed E-state index contributed by atoms with van der Waals surface area (Å²) < 4.78 is 19.2. The summed E-state index contributed by atoms with van der Waals surface area (Å²) in [6.45, 7) is 4.76. The lowest BCUT2D eigenvalue weighted by molar-refractivity contribution is 0.465. The van der Waals surface area contributed by atoms with E-state index in [1.54, 1.807) is 18.2 Å². The smallest absolute Gasteiger partial charge is 0.145 e. The Labute approximate surface area is 133 Å². The second-order valence-electron chi connectivity index (χ2n) is 4.97. The standard InChI is InChI=1S/C16H16Cl2FNO/c1-10(2)20-9-11-3-4-12(17)7-16(11)21-13-5-6-14(18)15(19)8-13/h3-8,10,20H,9H2,1-2H3. The van der Waals surface area contributed by atoms with Gasteiger partial charge in [0.25, 0.3) is 0 Å². The molecule has 0 atom stereocenters. The van der Waals surface area contributed by atoms with Crippen molar-refractivity contribution < 1.29 is 9.13 Å². The SMILES string of the molecule is CC(C)NCc1ccc(Cl)cc1Oc1ccc(Cl)c(F)c1. The molecule has 21 heavy (non-hydrogen) atoms. The molecule has 0 aromatic heterocycles. The van der Waals surface area contributed by atoms with Gasteiger partial charge in [-0.25, -0.2) is 4.39 Å². The van der Waals surface area contributed by atoms with Gasteiger partial charge in [0.2, 0.25) is 0 Å². The van der Waals surface area contributed by atoms with E-state index >= 15 is 0 Å². The zero-order valence-electron chi connectivity index (χ0n) is 11.8. The first-order valence-electron chi connectivity index (χ1n) is 6.60. The second kappa shape index (κ2) is 7.12. The Hall–Kier alpha value is -1.29. The number of nitrogens with one attached hydrogen (secondary N) is 1. The zero-order valence-corrected chi connectivity index (χ0v) is 13.3. The molecular weight excluding hydrogens is 312 g/mol. The van der Waals surface area contributed by atoms with Crippen molar-refractivity contribution >= 4 is 23.2 Å². The Morgan fingerprint density at radius 3 is 2.57 bits per heavy atom. The Balaban J connectivity index is 2.24. The highest BCUT2D eigenvalue weighted by molar-refractivity contribution is 6.31. The highest BCUT2D eigenvalue weighted by atomic mass is 35.5. The fraction of sp³-hybridized carbons (Fsp3) is 0.250. The van der Waals surface area contributed by atoms with Crippen molar-refractivity contribution in [2.75, 3.05) is 0 Å². The highest BCUT2D eigenvalue weighted by Gasteiger charge is 2.09. The van der Waals surface area contributed by atoms with Gasteiger partial charge >= 0.3 is 0 Å². The molecule has 0 bridgehead atoms. The molecule has 0 radical (unpaired) electrons. The van der Waals surface area contributed by atoms with Gasteiger partial charge in [-0.2, -0.15) is 0 Å². The molecule has 2 aromatic rings. The van der Waals surface area contributed by atoms with E-state index in [4.69, 9.17) is 27.9 Å². The maximum Gasteiger partial charge on any atom is 0.145 e. The largest absolute Gasteiger partial charge is 0.457 e. The fourth-order valence-electron chi connectivity index (χ4n) is 1.75. The molecule has 0 aliphatic heterocycles. The lowest BCUT2D eigenvalue weighted by Crippen LogP contribution is -2.22. The van der Waals surface area contributed by atoms with E-state index in [0.29, 0.717) is 29.1 Å². The summed E-state index contributed by atoms with van der Waals surface area (Å²) in [4.78, 5) is 0. The van der Waals surface area contributed by atoms with Crippen LogP contribution < -0.4 is 10.1 Å². The maximum atomic E-state index is 13.5. The van der Waals surface area contributed by atoms with Gasteiger partial charge in [0, 0.05) is 29.2 Å². The summed E-state index contributed by atoms with van der Waals surface area (Å²) >= 11 is 11.7. The first-order valence-corrected chi connectivity index (χ1v) is 7.36. The lowest BCUT2D eigenvalue weighted by atomic mass is 10.2.